The summed E-state index contributed by atoms with van der Waals surface area (Å²) >= 11 is 0. The maximum Gasteiger partial charge on any atom is 0.0625 e. The van der Waals surface area contributed by atoms with Crippen molar-refractivity contribution in [2.24, 2.45) is 0 Å². The van der Waals surface area contributed by atoms with Crippen LogP contribution in [-0.4, -0.2) is 28.3 Å². The summed E-state index contributed by atoms with van der Waals surface area (Å²) in [5.41, 5.74) is 2.58. The first-order chi connectivity index (χ1) is 5.79. The van der Waals surface area contributed by atoms with Crippen molar-refractivity contribution in [2.45, 2.75) is 26.4 Å². The van der Waals surface area contributed by atoms with E-state index in [-0.39, 0.29) is 0 Å². The van der Waals surface area contributed by atoms with E-state index in [1.165, 1.54) is 11.4 Å². The molecule has 3 heteroatoms. The van der Waals surface area contributed by atoms with Crippen LogP contribution in [-0.2, 0) is 19.5 Å². The molecular weight excluding hydrogens is 150 g/mol. The molecule has 0 radical (unpaired) electrons. The summed E-state index contributed by atoms with van der Waals surface area (Å²) in [7, 11) is 2.15. The van der Waals surface area contributed by atoms with Gasteiger partial charge in [-0.15, -0.1) is 0 Å². The van der Waals surface area contributed by atoms with Crippen molar-refractivity contribution in [3.8, 4) is 0 Å². The van der Waals surface area contributed by atoms with Crippen molar-refractivity contribution in [3.63, 3.8) is 0 Å². The molecule has 1 aromatic rings. The standard InChI is InChI=1S/C9H15N3/c1-3-8-6-9-7-11(2)4-5-12(9)10-8/h6H,3-5,7H2,1-2H3. The van der Waals surface area contributed by atoms with Crippen molar-refractivity contribution >= 4 is 0 Å². The summed E-state index contributed by atoms with van der Waals surface area (Å²) in [4.78, 5) is 2.33. The van der Waals surface area contributed by atoms with Crippen LogP contribution in [0.2, 0.25) is 0 Å². The number of fused-ring (bicyclic) bond motifs is 1. The first kappa shape index (κ1) is 7.80. The van der Waals surface area contributed by atoms with Crippen molar-refractivity contribution in [1.29, 1.82) is 0 Å². The zero-order chi connectivity index (χ0) is 8.55. The molecule has 3 nitrogen and oxygen atoms in total. The van der Waals surface area contributed by atoms with Crippen LogP contribution in [0.3, 0.4) is 0 Å². The third-order valence-electron chi connectivity index (χ3n) is 2.40. The average Bonchev–Trinajstić information content (AvgIpc) is 2.46. The van der Waals surface area contributed by atoms with Crippen molar-refractivity contribution in [1.82, 2.24) is 14.7 Å². The van der Waals surface area contributed by atoms with Gasteiger partial charge in [-0.05, 0) is 19.5 Å². The van der Waals surface area contributed by atoms with Crippen LogP contribution in [0.4, 0.5) is 0 Å². The Kier molecular flexibility index (Phi) is 1.89. The molecule has 0 unspecified atom stereocenters. The van der Waals surface area contributed by atoms with Crippen LogP contribution in [0.25, 0.3) is 0 Å². The Balaban J connectivity index is 2.28. The number of nitrogens with zero attached hydrogens (tertiary/aromatic N) is 3. The molecule has 2 rings (SSSR count). The molecule has 0 bridgehead atoms. The Morgan fingerprint density at radius 2 is 2.33 bits per heavy atom. The van der Waals surface area contributed by atoms with E-state index >= 15 is 0 Å². The zero-order valence-corrected chi connectivity index (χ0v) is 7.75. The van der Waals surface area contributed by atoms with Crippen LogP contribution < -0.4 is 0 Å². The minimum absolute atomic E-state index is 1.05. The summed E-state index contributed by atoms with van der Waals surface area (Å²) in [6.07, 6.45) is 1.05. The second kappa shape index (κ2) is 2.90. The van der Waals surface area contributed by atoms with E-state index in [1.54, 1.807) is 0 Å². The normalized spacial score (nSPS) is 17.8. The van der Waals surface area contributed by atoms with Gasteiger partial charge in [-0.3, -0.25) is 9.58 Å². The van der Waals surface area contributed by atoms with Gasteiger partial charge in [0.05, 0.1) is 17.9 Å². The topological polar surface area (TPSA) is 21.1 Å². The lowest BCUT2D eigenvalue weighted by Gasteiger charge is -2.22. The number of likely N-dealkylation sites (N-methyl/N-ethyl adjacent to an activating group) is 1. The Morgan fingerprint density at radius 1 is 1.50 bits per heavy atom. The quantitative estimate of drug-likeness (QED) is 0.616. The van der Waals surface area contributed by atoms with Crippen molar-refractivity contribution < 1.29 is 0 Å². The summed E-state index contributed by atoms with van der Waals surface area (Å²) in [5, 5.41) is 4.49. The largest absolute Gasteiger partial charge is 0.299 e. The van der Waals surface area contributed by atoms with E-state index in [0.717, 1.165) is 26.1 Å². The molecule has 1 aliphatic rings. The second-order valence-corrected chi connectivity index (χ2v) is 3.44. The number of aromatic nitrogens is 2. The van der Waals surface area contributed by atoms with Crippen LogP contribution >= 0.6 is 0 Å². The molecule has 0 fully saturated rings. The van der Waals surface area contributed by atoms with Gasteiger partial charge in [0.25, 0.3) is 0 Å². The second-order valence-electron chi connectivity index (χ2n) is 3.44. The highest BCUT2D eigenvalue weighted by Crippen LogP contribution is 2.11. The first-order valence-corrected chi connectivity index (χ1v) is 4.53. The molecule has 0 N–H and O–H groups in total. The van der Waals surface area contributed by atoms with Crippen LogP contribution in [0.15, 0.2) is 6.07 Å². The molecule has 0 amide bonds. The lowest BCUT2D eigenvalue weighted by Crippen LogP contribution is -2.30. The third-order valence-corrected chi connectivity index (χ3v) is 2.40. The van der Waals surface area contributed by atoms with Gasteiger partial charge in [0.2, 0.25) is 0 Å². The minimum Gasteiger partial charge on any atom is -0.299 e. The lowest BCUT2D eigenvalue weighted by molar-refractivity contribution is 0.258. The highest BCUT2D eigenvalue weighted by atomic mass is 15.3. The van der Waals surface area contributed by atoms with Crippen LogP contribution in [0, 0.1) is 0 Å². The monoisotopic (exact) mass is 165 g/mol. The predicted octanol–water partition coefficient (Wildman–Crippen LogP) is 0.891. The molecular formula is C9H15N3. The third kappa shape index (κ3) is 1.25. The molecule has 0 aromatic carbocycles. The summed E-state index contributed by atoms with van der Waals surface area (Å²) in [5.74, 6) is 0. The fourth-order valence-electron chi connectivity index (χ4n) is 1.63. The molecule has 2 heterocycles. The summed E-state index contributed by atoms with van der Waals surface area (Å²) < 4.78 is 2.14. The van der Waals surface area contributed by atoms with Crippen molar-refractivity contribution in [3.05, 3.63) is 17.5 Å². The van der Waals surface area contributed by atoms with Gasteiger partial charge in [-0.25, -0.2) is 0 Å². The molecule has 12 heavy (non-hydrogen) atoms. The van der Waals surface area contributed by atoms with Gasteiger partial charge in [-0.1, -0.05) is 6.92 Å². The van der Waals surface area contributed by atoms with E-state index in [1.807, 2.05) is 0 Å². The fourth-order valence-corrected chi connectivity index (χ4v) is 1.63. The van der Waals surface area contributed by atoms with Gasteiger partial charge in [0, 0.05) is 13.1 Å². The predicted molar refractivity (Wildman–Crippen MR) is 47.9 cm³/mol. The number of rotatable bonds is 1. The number of hydrogen-bond acceptors (Lipinski definition) is 2. The van der Waals surface area contributed by atoms with Gasteiger partial charge >= 0.3 is 0 Å². The van der Waals surface area contributed by atoms with E-state index in [4.69, 9.17) is 0 Å². The molecule has 1 aromatic heterocycles. The highest BCUT2D eigenvalue weighted by Gasteiger charge is 2.14. The van der Waals surface area contributed by atoms with E-state index in [9.17, 15) is 0 Å². The molecule has 1 aliphatic heterocycles. The first-order valence-electron chi connectivity index (χ1n) is 4.53. The fraction of sp³-hybridized carbons (Fsp3) is 0.667. The van der Waals surface area contributed by atoms with Gasteiger partial charge in [0.15, 0.2) is 0 Å². The van der Waals surface area contributed by atoms with Crippen LogP contribution in [0.5, 0.6) is 0 Å². The summed E-state index contributed by atoms with van der Waals surface area (Å²) in [6, 6.07) is 2.22. The van der Waals surface area contributed by atoms with Gasteiger partial charge in [0.1, 0.15) is 0 Å². The maximum atomic E-state index is 4.49. The number of aryl methyl sites for hydroxylation is 1. The summed E-state index contributed by atoms with van der Waals surface area (Å²) in [6.45, 7) is 5.37. The molecule has 0 atom stereocenters. The van der Waals surface area contributed by atoms with Crippen molar-refractivity contribution in [2.75, 3.05) is 13.6 Å². The van der Waals surface area contributed by atoms with E-state index in [0.29, 0.717) is 0 Å². The van der Waals surface area contributed by atoms with Gasteiger partial charge < -0.3 is 0 Å². The molecule has 66 valence electrons. The van der Waals surface area contributed by atoms with Gasteiger partial charge in [-0.2, -0.15) is 5.10 Å². The molecule has 0 saturated carbocycles. The Morgan fingerprint density at radius 3 is 3.08 bits per heavy atom. The Labute approximate surface area is 73.0 Å². The SMILES string of the molecule is CCc1cc2n(n1)CCN(C)C2. The number of hydrogen-bond donors (Lipinski definition) is 0. The average molecular weight is 165 g/mol. The lowest BCUT2D eigenvalue weighted by atomic mass is 10.3. The molecule has 0 spiro atoms. The van der Waals surface area contributed by atoms with Crippen LogP contribution in [0.1, 0.15) is 18.3 Å². The zero-order valence-electron chi connectivity index (χ0n) is 7.75. The Bertz CT molecular complexity index is 277. The Hall–Kier alpha value is -0.830. The minimum atomic E-state index is 1.05. The molecule has 0 saturated heterocycles. The van der Waals surface area contributed by atoms with E-state index < -0.39 is 0 Å². The molecule has 0 aliphatic carbocycles. The smallest absolute Gasteiger partial charge is 0.0625 e. The maximum absolute atomic E-state index is 4.49. The highest BCUT2D eigenvalue weighted by molar-refractivity contribution is 5.11. The van der Waals surface area contributed by atoms with E-state index in [2.05, 4.69) is 34.7 Å².